The van der Waals surface area contributed by atoms with Crippen LogP contribution in [-0.4, -0.2) is 37.0 Å². The van der Waals surface area contributed by atoms with Crippen LogP contribution in [0.25, 0.3) is 0 Å². The molecule has 0 spiro atoms. The zero-order chi connectivity index (χ0) is 14.4. The topological polar surface area (TPSA) is 55.8 Å². The van der Waals surface area contributed by atoms with E-state index in [0.29, 0.717) is 6.54 Å². The Morgan fingerprint density at radius 2 is 1.74 bits per heavy atom. The maximum absolute atomic E-state index is 11.9. The van der Waals surface area contributed by atoms with Crippen LogP contribution in [0.1, 0.15) is 19.4 Å². The molecule has 0 radical (unpaired) electrons. The van der Waals surface area contributed by atoms with Gasteiger partial charge < -0.3 is 14.4 Å². The van der Waals surface area contributed by atoms with Gasteiger partial charge in [0.15, 0.2) is 0 Å². The molecule has 0 aromatic heterocycles. The third-order valence-electron chi connectivity index (χ3n) is 2.76. The average molecular weight is 265 g/mol. The molecule has 0 fully saturated rings. The number of carbonyl (C=O) groups is 2. The summed E-state index contributed by atoms with van der Waals surface area (Å²) in [6, 6.07) is 7.26. The minimum atomic E-state index is -0.845. The van der Waals surface area contributed by atoms with E-state index in [9.17, 15) is 9.59 Å². The highest BCUT2D eigenvalue weighted by molar-refractivity contribution is 6.32. The Kier molecular flexibility index (Phi) is 5.36. The van der Waals surface area contributed by atoms with Crippen molar-refractivity contribution in [2.24, 2.45) is 0 Å². The van der Waals surface area contributed by atoms with Crippen LogP contribution in [0, 0.1) is 0 Å². The maximum atomic E-state index is 11.9. The van der Waals surface area contributed by atoms with Gasteiger partial charge in [0.25, 0.3) is 0 Å². The molecule has 0 aliphatic carbocycles. The highest BCUT2D eigenvalue weighted by Crippen LogP contribution is 2.14. The molecule has 1 amide bonds. The predicted molar refractivity (Wildman–Crippen MR) is 70.7 cm³/mol. The van der Waals surface area contributed by atoms with Gasteiger partial charge >= 0.3 is 11.9 Å². The predicted octanol–water partition coefficient (Wildman–Crippen LogP) is 1.61. The summed E-state index contributed by atoms with van der Waals surface area (Å²) in [5, 5.41) is 0. The maximum Gasteiger partial charge on any atom is 0.396 e. The van der Waals surface area contributed by atoms with Gasteiger partial charge in [0.2, 0.25) is 0 Å². The monoisotopic (exact) mass is 265 g/mol. The molecule has 5 nitrogen and oxygen atoms in total. The fourth-order valence-corrected chi connectivity index (χ4v) is 1.62. The normalized spacial score (nSPS) is 10.2. The summed E-state index contributed by atoms with van der Waals surface area (Å²) in [5.41, 5.74) is 0.923. The van der Waals surface area contributed by atoms with Crippen molar-refractivity contribution in [2.45, 2.75) is 26.4 Å². The number of hydrogen-bond acceptors (Lipinski definition) is 4. The third-order valence-corrected chi connectivity index (χ3v) is 2.76. The lowest BCUT2D eigenvalue weighted by Crippen LogP contribution is -2.41. The van der Waals surface area contributed by atoms with E-state index in [4.69, 9.17) is 4.74 Å². The average Bonchev–Trinajstić information content (AvgIpc) is 2.43. The number of amides is 1. The largest absolute Gasteiger partial charge is 0.497 e. The van der Waals surface area contributed by atoms with Gasteiger partial charge in [0, 0.05) is 12.6 Å². The summed E-state index contributed by atoms with van der Waals surface area (Å²) in [7, 11) is 2.79. The van der Waals surface area contributed by atoms with Gasteiger partial charge in [-0.2, -0.15) is 0 Å². The fourth-order valence-electron chi connectivity index (χ4n) is 1.62. The zero-order valence-corrected chi connectivity index (χ0v) is 11.7. The molecular formula is C14H19NO4. The second-order valence-corrected chi connectivity index (χ2v) is 4.37. The van der Waals surface area contributed by atoms with Gasteiger partial charge in [-0.15, -0.1) is 0 Å². The highest BCUT2D eigenvalue weighted by atomic mass is 16.5. The number of rotatable bonds is 4. The Morgan fingerprint density at radius 1 is 1.16 bits per heavy atom. The number of methoxy groups -OCH3 is 2. The van der Waals surface area contributed by atoms with E-state index in [1.807, 2.05) is 38.1 Å². The van der Waals surface area contributed by atoms with Gasteiger partial charge in [0.05, 0.1) is 14.2 Å². The molecule has 1 aromatic rings. The van der Waals surface area contributed by atoms with Crippen molar-refractivity contribution >= 4 is 11.9 Å². The lowest BCUT2D eigenvalue weighted by atomic mass is 10.2. The highest BCUT2D eigenvalue weighted by Gasteiger charge is 2.24. The van der Waals surface area contributed by atoms with Crippen molar-refractivity contribution in [3.63, 3.8) is 0 Å². The van der Waals surface area contributed by atoms with Crippen molar-refractivity contribution in [3.8, 4) is 5.75 Å². The number of carbonyl (C=O) groups excluding carboxylic acids is 2. The molecule has 19 heavy (non-hydrogen) atoms. The van der Waals surface area contributed by atoms with E-state index < -0.39 is 11.9 Å². The molecule has 0 saturated carbocycles. The van der Waals surface area contributed by atoms with Crippen LogP contribution in [-0.2, 0) is 20.9 Å². The van der Waals surface area contributed by atoms with Crippen LogP contribution in [0.3, 0.4) is 0 Å². The summed E-state index contributed by atoms with van der Waals surface area (Å²) >= 11 is 0. The van der Waals surface area contributed by atoms with Gasteiger partial charge in [-0.3, -0.25) is 4.79 Å². The van der Waals surface area contributed by atoms with Gasteiger partial charge in [0.1, 0.15) is 5.75 Å². The molecule has 0 atom stereocenters. The number of benzene rings is 1. The minimum Gasteiger partial charge on any atom is -0.497 e. The van der Waals surface area contributed by atoms with E-state index in [0.717, 1.165) is 11.3 Å². The van der Waals surface area contributed by atoms with E-state index in [-0.39, 0.29) is 6.04 Å². The van der Waals surface area contributed by atoms with Crippen LogP contribution >= 0.6 is 0 Å². The SMILES string of the molecule is COC(=O)C(=O)N(Cc1ccc(OC)cc1)C(C)C. The van der Waals surface area contributed by atoms with E-state index in [2.05, 4.69) is 4.74 Å². The van der Waals surface area contributed by atoms with Crippen molar-refractivity contribution < 1.29 is 19.1 Å². The second-order valence-electron chi connectivity index (χ2n) is 4.37. The number of ether oxygens (including phenoxy) is 2. The molecule has 0 N–H and O–H groups in total. The lowest BCUT2D eigenvalue weighted by Gasteiger charge is -2.25. The van der Waals surface area contributed by atoms with Crippen molar-refractivity contribution in [1.29, 1.82) is 0 Å². The fraction of sp³-hybridized carbons (Fsp3) is 0.429. The number of esters is 1. The first-order chi connectivity index (χ1) is 8.99. The molecule has 1 aromatic carbocycles. The summed E-state index contributed by atoms with van der Waals surface area (Å²) in [6.45, 7) is 4.06. The van der Waals surface area contributed by atoms with Gasteiger partial charge in [-0.25, -0.2) is 4.79 Å². The summed E-state index contributed by atoms with van der Waals surface area (Å²) in [6.07, 6.45) is 0. The molecule has 104 valence electrons. The van der Waals surface area contributed by atoms with E-state index in [1.54, 1.807) is 7.11 Å². The van der Waals surface area contributed by atoms with Crippen LogP contribution < -0.4 is 4.74 Å². The molecule has 0 heterocycles. The van der Waals surface area contributed by atoms with Crippen LogP contribution in [0.15, 0.2) is 24.3 Å². The number of nitrogens with zero attached hydrogens (tertiary/aromatic N) is 1. The number of hydrogen-bond donors (Lipinski definition) is 0. The van der Waals surface area contributed by atoms with Crippen molar-refractivity contribution in [1.82, 2.24) is 4.90 Å². The van der Waals surface area contributed by atoms with Crippen molar-refractivity contribution in [3.05, 3.63) is 29.8 Å². The first kappa shape index (κ1) is 15.0. The molecule has 5 heteroatoms. The Hall–Kier alpha value is -2.04. The minimum absolute atomic E-state index is 0.0892. The molecule has 1 rings (SSSR count). The van der Waals surface area contributed by atoms with Crippen LogP contribution in [0.4, 0.5) is 0 Å². The summed E-state index contributed by atoms with van der Waals surface area (Å²) in [4.78, 5) is 24.7. The zero-order valence-electron chi connectivity index (χ0n) is 11.7. The van der Waals surface area contributed by atoms with Crippen LogP contribution in [0.2, 0.25) is 0 Å². The van der Waals surface area contributed by atoms with Crippen molar-refractivity contribution in [2.75, 3.05) is 14.2 Å². The molecule has 0 bridgehead atoms. The first-order valence-electron chi connectivity index (χ1n) is 6.01. The Morgan fingerprint density at radius 3 is 2.16 bits per heavy atom. The molecule has 0 aliphatic rings. The molecule has 0 aliphatic heterocycles. The van der Waals surface area contributed by atoms with Crippen LogP contribution in [0.5, 0.6) is 5.75 Å². The summed E-state index contributed by atoms with van der Waals surface area (Å²) in [5.74, 6) is -0.727. The molecular weight excluding hydrogens is 246 g/mol. The Balaban J connectivity index is 2.83. The van der Waals surface area contributed by atoms with E-state index >= 15 is 0 Å². The smallest absolute Gasteiger partial charge is 0.396 e. The Labute approximate surface area is 113 Å². The standard InChI is InChI=1S/C14H19NO4/c1-10(2)15(13(16)14(17)19-4)9-11-5-7-12(18-3)8-6-11/h5-8,10H,9H2,1-4H3. The van der Waals surface area contributed by atoms with Gasteiger partial charge in [-0.05, 0) is 31.5 Å². The lowest BCUT2D eigenvalue weighted by molar-refractivity contribution is -0.159. The third kappa shape index (κ3) is 3.98. The van der Waals surface area contributed by atoms with E-state index in [1.165, 1.54) is 12.0 Å². The molecule has 0 saturated heterocycles. The van der Waals surface area contributed by atoms with Gasteiger partial charge in [-0.1, -0.05) is 12.1 Å². The first-order valence-corrected chi connectivity index (χ1v) is 6.01. The Bertz CT molecular complexity index is 439. The molecule has 0 unspecified atom stereocenters. The summed E-state index contributed by atoms with van der Waals surface area (Å²) < 4.78 is 9.54. The quantitative estimate of drug-likeness (QED) is 0.613. The second kappa shape index (κ2) is 6.78.